The third-order valence-corrected chi connectivity index (χ3v) is 4.21. The van der Waals surface area contributed by atoms with Crippen LogP contribution in [-0.2, 0) is 6.54 Å². The number of methoxy groups -OCH3 is 1. The lowest BCUT2D eigenvalue weighted by molar-refractivity contribution is 0.132. The standard InChI is InChI=1S/C16H22N2O/c1-12-6-7-18(10-13(12)2)11-14-4-5-15(9-17)16(8-14)19-3/h4-5,8,12-13H,6-7,10-11H2,1-3H3. The van der Waals surface area contributed by atoms with Gasteiger partial charge in [-0.05, 0) is 42.5 Å². The second kappa shape index (κ2) is 6.08. The van der Waals surface area contributed by atoms with Gasteiger partial charge in [-0.15, -0.1) is 0 Å². The van der Waals surface area contributed by atoms with Crippen LogP contribution in [0, 0.1) is 23.2 Å². The zero-order valence-corrected chi connectivity index (χ0v) is 12.0. The minimum absolute atomic E-state index is 0.604. The Bertz CT molecular complexity index is 478. The molecule has 3 nitrogen and oxygen atoms in total. The number of nitrogens with zero attached hydrogens (tertiary/aromatic N) is 2. The average Bonchev–Trinajstić information content (AvgIpc) is 2.43. The van der Waals surface area contributed by atoms with E-state index in [0.717, 1.165) is 31.5 Å². The Labute approximate surface area is 115 Å². The molecule has 19 heavy (non-hydrogen) atoms. The highest BCUT2D eigenvalue weighted by Crippen LogP contribution is 2.25. The van der Waals surface area contributed by atoms with Crippen LogP contribution in [0.25, 0.3) is 0 Å². The Balaban J connectivity index is 2.06. The number of nitriles is 1. The van der Waals surface area contributed by atoms with Crippen molar-refractivity contribution in [1.82, 2.24) is 4.90 Å². The van der Waals surface area contributed by atoms with Crippen LogP contribution >= 0.6 is 0 Å². The lowest BCUT2D eigenvalue weighted by Crippen LogP contribution is -2.37. The van der Waals surface area contributed by atoms with Crippen molar-refractivity contribution in [1.29, 1.82) is 5.26 Å². The van der Waals surface area contributed by atoms with E-state index in [-0.39, 0.29) is 0 Å². The van der Waals surface area contributed by atoms with Crippen molar-refractivity contribution in [2.75, 3.05) is 20.2 Å². The van der Waals surface area contributed by atoms with Crippen molar-refractivity contribution in [2.45, 2.75) is 26.8 Å². The highest BCUT2D eigenvalue weighted by molar-refractivity contribution is 5.45. The molecule has 2 atom stereocenters. The number of rotatable bonds is 3. The van der Waals surface area contributed by atoms with Crippen LogP contribution in [0.3, 0.4) is 0 Å². The van der Waals surface area contributed by atoms with Crippen LogP contribution in [0.5, 0.6) is 5.75 Å². The Morgan fingerprint density at radius 3 is 2.79 bits per heavy atom. The van der Waals surface area contributed by atoms with E-state index in [0.29, 0.717) is 11.3 Å². The largest absolute Gasteiger partial charge is 0.495 e. The van der Waals surface area contributed by atoms with Crippen molar-refractivity contribution in [3.8, 4) is 11.8 Å². The van der Waals surface area contributed by atoms with E-state index < -0.39 is 0 Å². The van der Waals surface area contributed by atoms with Crippen LogP contribution < -0.4 is 4.74 Å². The van der Waals surface area contributed by atoms with Crippen LogP contribution in [0.4, 0.5) is 0 Å². The molecular formula is C16H22N2O. The molecule has 0 aromatic heterocycles. The second-order valence-corrected chi connectivity index (χ2v) is 5.62. The predicted octanol–water partition coefficient (Wildman–Crippen LogP) is 3.04. The summed E-state index contributed by atoms with van der Waals surface area (Å²) in [6.45, 7) is 7.93. The molecule has 1 aromatic rings. The van der Waals surface area contributed by atoms with Gasteiger partial charge in [0, 0.05) is 13.1 Å². The van der Waals surface area contributed by atoms with Gasteiger partial charge in [-0.25, -0.2) is 0 Å². The predicted molar refractivity (Wildman–Crippen MR) is 75.9 cm³/mol. The Morgan fingerprint density at radius 2 is 2.16 bits per heavy atom. The van der Waals surface area contributed by atoms with Crippen molar-refractivity contribution in [3.63, 3.8) is 0 Å². The van der Waals surface area contributed by atoms with E-state index in [1.807, 2.05) is 18.2 Å². The fourth-order valence-corrected chi connectivity index (χ4v) is 2.68. The maximum absolute atomic E-state index is 8.99. The molecule has 0 saturated carbocycles. The van der Waals surface area contributed by atoms with E-state index in [4.69, 9.17) is 10.00 Å². The van der Waals surface area contributed by atoms with Gasteiger partial charge in [0.1, 0.15) is 11.8 Å². The maximum Gasteiger partial charge on any atom is 0.136 e. The molecular weight excluding hydrogens is 236 g/mol. The van der Waals surface area contributed by atoms with Gasteiger partial charge in [0.15, 0.2) is 0 Å². The molecule has 0 spiro atoms. The first kappa shape index (κ1) is 13.9. The summed E-state index contributed by atoms with van der Waals surface area (Å²) >= 11 is 0. The van der Waals surface area contributed by atoms with Crippen molar-refractivity contribution < 1.29 is 4.74 Å². The molecule has 2 rings (SSSR count). The fourth-order valence-electron chi connectivity index (χ4n) is 2.68. The fraction of sp³-hybridized carbons (Fsp3) is 0.562. The zero-order chi connectivity index (χ0) is 13.8. The average molecular weight is 258 g/mol. The third-order valence-electron chi connectivity index (χ3n) is 4.21. The first-order valence-corrected chi connectivity index (χ1v) is 6.93. The van der Waals surface area contributed by atoms with Crippen molar-refractivity contribution in [3.05, 3.63) is 29.3 Å². The molecule has 2 unspecified atom stereocenters. The maximum atomic E-state index is 8.99. The molecule has 1 saturated heterocycles. The minimum Gasteiger partial charge on any atom is -0.495 e. The number of hydrogen-bond donors (Lipinski definition) is 0. The van der Waals surface area contributed by atoms with Crippen LogP contribution in [0.15, 0.2) is 18.2 Å². The van der Waals surface area contributed by atoms with Crippen molar-refractivity contribution in [2.24, 2.45) is 11.8 Å². The highest BCUT2D eigenvalue weighted by atomic mass is 16.5. The molecule has 0 bridgehead atoms. The normalized spacial score (nSPS) is 23.9. The second-order valence-electron chi connectivity index (χ2n) is 5.62. The summed E-state index contributed by atoms with van der Waals surface area (Å²) in [6, 6.07) is 8.02. The topological polar surface area (TPSA) is 36.3 Å². The van der Waals surface area contributed by atoms with Crippen molar-refractivity contribution >= 4 is 0 Å². The van der Waals surface area contributed by atoms with Gasteiger partial charge in [0.2, 0.25) is 0 Å². The molecule has 0 amide bonds. The first-order valence-electron chi connectivity index (χ1n) is 6.93. The Kier molecular flexibility index (Phi) is 4.44. The summed E-state index contributed by atoms with van der Waals surface area (Å²) in [6.07, 6.45) is 1.27. The van der Waals surface area contributed by atoms with E-state index in [2.05, 4.69) is 24.8 Å². The van der Waals surface area contributed by atoms with E-state index in [1.54, 1.807) is 7.11 Å². The number of hydrogen-bond acceptors (Lipinski definition) is 3. The number of piperidine rings is 1. The van der Waals surface area contributed by atoms with Crippen LogP contribution in [-0.4, -0.2) is 25.1 Å². The van der Waals surface area contributed by atoms with Crippen LogP contribution in [0.1, 0.15) is 31.4 Å². The summed E-state index contributed by atoms with van der Waals surface area (Å²) < 4.78 is 5.26. The van der Waals surface area contributed by atoms with E-state index in [9.17, 15) is 0 Å². The third kappa shape index (κ3) is 3.27. The van der Waals surface area contributed by atoms with Gasteiger partial charge < -0.3 is 4.74 Å². The molecule has 0 N–H and O–H groups in total. The minimum atomic E-state index is 0.604. The SMILES string of the molecule is COc1cc(CN2CCC(C)C(C)C2)ccc1C#N. The number of likely N-dealkylation sites (tertiary alicyclic amines) is 1. The lowest BCUT2D eigenvalue weighted by atomic mass is 9.88. The molecule has 1 aliphatic rings. The van der Waals surface area contributed by atoms with Gasteiger partial charge in [0.25, 0.3) is 0 Å². The molecule has 1 aromatic carbocycles. The number of ether oxygens (including phenoxy) is 1. The smallest absolute Gasteiger partial charge is 0.136 e. The summed E-state index contributed by atoms with van der Waals surface area (Å²) in [5.41, 5.74) is 1.82. The van der Waals surface area contributed by atoms with Gasteiger partial charge in [-0.1, -0.05) is 19.9 Å². The molecule has 0 aliphatic carbocycles. The van der Waals surface area contributed by atoms with Gasteiger partial charge in [-0.2, -0.15) is 5.26 Å². The summed E-state index contributed by atoms with van der Waals surface area (Å²) in [4.78, 5) is 2.49. The highest BCUT2D eigenvalue weighted by Gasteiger charge is 2.22. The molecule has 3 heteroatoms. The summed E-state index contributed by atoms with van der Waals surface area (Å²) in [5, 5.41) is 8.99. The van der Waals surface area contributed by atoms with E-state index in [1.165, 1.54) is 12.0 Å². The monoisotopic (exact) mass is 258 g/mol. The molecule has 1 fully saturated rings. The van der Waals surface area contributed by atoms with Crippen LogP contribution in [0.2, 0.25) is 0 Å². The molecule has 0 radical (unpaired) electrons. The van der Waals surface area contributed by atoms with Gasteiger partial charge >= 0.3 is 0 Å². The van der Waals surface area contributed by atoms with Gasteiger partial charge in [-0.3, -0.25) is 4.90 Å². The Hall–Kier alpha value is -1.53. The van der Waals surface area contributed by atoms with E-state index >= 15 is 0 Å². The molecule has 1 heterocycles. The molecule has 1 aliphatic heterocycles. The zero-order valence-electron chi connectivity index (χ0n) is 12.0. The first-order chi connectivity index (χ1) is 9.13. The Morgan fingerprint density at radius 1 is 1.37 bits per heavy atom. The van der Waals surface area contributed by atoms with Gasteiger partial charge in [0.05, 0.1) is 12.7 Å². The lowest BCUT2D eigenvalue weighted by Gasteiger charge is -2.35. The summed E-state index contributed by atoms with van der Waals surface area (Å²) in [7, 11) is 1.62. The number of benzene rings is 1. The quantitative estimate of drug-likeness (QED) is 0.836. The summed E-state index contributed by atoms with van der Waals surface area (Å²) in [5.74, 6) is 2.26. The molecule has 102 valence electrons.